The molecule has 4 rings (SSSR count). The number of fused-ring (bicyclic) bond motifs is 1. The molecular weight excluding hydrogens is 350 g/mol. The number of carbonyl (C=O) groups is 1. The molecule has 1 fully saturated rings. The quantitative estimate of drug-likeness (QED) is 0.711. The van der Waals surface area contributed by atoms with Gasteiger partial charge in [-0.15, -0.1) is 5.10 Å². The monoisotopic (exact) mass is 369 g/mol. The van der Waals surface area contributed by atoms with E-state index in [-0.39, 0.29) is 5.91 Å². The summed E-state index contributed by atoms with van der Waals surface area (Å²) in [6, 6.07) is 7.47. The second kappa shape index (κ2) is 6.68. The third kappa shape index (κ3) is 2.94. The minimum atomic E-state index is 0.154. The van der Waals surface area contributed by atoms with E-state index in [2.05, 4.69) is 15.1 Å². The van der Waals surface area contributed by atoms with Gasteiger partial charge in [0.1, 0.15) is 0 Å². The average molecular weight is 370 g/mol. The highest BCUT2D eigenvalue weighted by Gasteiger charge is 2.22. The van der Waals surface area contributed by atoms with Crippen LogP contribution in [0.25, 0.3) is 17.2 Å². The highest BCUT2D eigenvalue weighted by atomic mass is 35.5. The molecule has 134 valence electrons. The Morgan fingerprint density at radius 3 is 2.62 bits per heavy atom. The summed E-state index contributed by atoms with van der Waals surface area (Å²) in [5.74, 6) is 1.21. The van der Waals surface area contributed by atoms with Gasteiger partial charge in [0, 0.05) is 35.6 Å². The van der Waals surface area contributed by atoms with Gasteiger partial charge in [-0.3, -0.25) is 4.79 Å². The van der Waals surface area contributed by atoms with E-state index in [1.165, 1.54) is 0 Å². The minimum Gasteiger partial charge on any atom is -0.342 e. The maximum atomic E-state index is 12.6. The lowest BCUT2D eigenvalue weighted by Crippen LogP contribution is -2.29. The van der Waals surface area contributed by atoms with Gasteiger partial charge in [0.15, 0.2) is 5.82 Å². The molecule has 3 aromatic rings. The van der Waals surface area contributed by atoms with Crippen molar-refractivity contribution in [3.05, 3.63) is 46.2 Å². The smallest absolute Gasteiger partial charge is 0.253 e. The summed E-state index contributed by atoms with van der Waals surface area (Å²) in [6.07, 6.45) is 2.53. The van der Waals surface area contributed by atoms with Crippen molar-refractivity contribution in [1.82, 2.24) is 24.5 Å². The van der Waals surface area contributed by atoms with Gasteiger partial charge >= 0.3 is 0 Å². The van der Waals surface area contributed by atoms with Crippen LogP contribution in [0.15, 0.2) is 24.3 Å². The van der Waals surface area contributed by atoms with E-state index in [1.807, 2.05) is 43.0 Å². The van der Waals surface area contributed by atoms with Crippen LogP contribution >= 0.6 is 11.6 Å². The number of rotatable bonds is 3. The van der Waals surface area contributed by atoms with Crippen molar-refractivity contribution in [2.75, 3.05) is 13.1 Å². The summed E-state index contributed by atoms with van der Waals surface area (Å²) in [6.45, 7) is 5.59. The van der Waals surface area contributed by atoms with Gasteiger partial charge in [-0.25, -0.2) is 9.50 Å². The largest absolute Gasteiger partial charge is 0.342 e. The Bertz CT molecular complexity index is 991. The van der Waals surface area contributed by atoms with E-state index in [9.17, 15) is 4.79 Å². The molecule has 0 aliphatic carbocycles. The van der Waals surface area contributed by atoms with E-state index in [4.69, 9.17) is 11.6 Å². The zero-order valence-corrected chi connectivity index (χ0v) is 15.6. The number of aromatic nitrogens is 4. The number of nitrogens with zero attached hydrogens (tertiary/aromatic N) is 5. The summed E-state index contributed by atoms with van der Waals surface area (Å²) in [5, 5.41) is 5.18. The van der Waals surface area contributed by atoms with Crippen LogP contribution in [-0.2, 0) is 11.2 Å². The molecule has 0 atom stereocenters. The maximum absolute atomic E-state index is 12.6. The van der Waals surface area contributed by atoms with Crippen LogP contribution in [0, 0.1) is 13.8 Å². The number of halogens is 1. The van der Waals surface area contributed by atoms with Gasteiger partial charge in [0.05, 0.1) is 11.4 Å². The maximum Gasteiger partial charge on any atom is 0.253 e. The zero-order valence-electron chi connectivity index (χ0n) is 14.9. The molecule has 0 N–H and O–H groups in total. The summed E-state index contributed by atoms with van der Waals surface area (Å²) < 4.78 is 1.71. The van der Waals surface area contributed by atoms with Crippen LogP contribution in [0.1, 0.15) is 29.8 Å². The third-order valence-electron chi connectivity index (χ3n) is 4.95. The summed E-state index contributed by atoms with van der Waals surface area (Å²) >= 11 is 6.27. The summed E-state index contributed by atoms with van der Waals surface area (Å²) in [5.41, 5.74) is 3.41. The Balaban J connectivity index is 1.74. The Hall–Kier alpha value is -2.47. The fraction of sp³-hybridized carbons (Fsp3) is 0.368. The second-order valence-corrected chi connectivity index (χ2v) is 7.06. The van der Waals surface area contributed by atoms with Crippen molar-refractivity contribution in [2.45, 2.75) is 33.1 Å². The minimum absolute atomic E-state index is 0.154. The Morgan fingerprint density at radius 2 is 1.88 bits per heavy atom. The van der Waals surface area contributed by atoms with Crippen LogP contribution in [0.3, 0.4) is 0 Å². The molecule has 6 nitrogen and oxygen atoms in total. The third-order valence-corrected chi connectivity index (χ3v) is 5.28. The number of hydrogen-bond donors (Lipinski definition) is 0. The summed E-state index contributed by atoms with van der Waals surface area (Å²) in [4.78, 5) is 23.6. The van der Waals surface area contributed by atoms with E-state index in [0.717, 1.165) is 48.4 Å². The molecule has 0 unspecified atom stereocenters. The molecule has 0 saturated carbocycles. The lowest BCUT2D eigenvalue weighted by molar-refractivity contribution is -0.129. The van der Waals surface area contributed by atoms with Crippen molar-refractivity contribution in [2.24, 2.45) is 0 Å². The highest BCUT2D eigenvalue weighted by molar-refractivity contribution is 6.33. The topological polar surface area (TPSA) is 63.4 Å². The number of carbonyl (C=O) groups excluding carboxylic acids is 1. The highest BCUT2D eigenvalue weighted by Crippen LogP contribution is 2.26. The van der Waals surface area contributed by atoms with Gasteiger partial charge in [0.2, 0.25) is 5.91 Å². The van der Waals surface area contributed by atoms with Crippen molar-refractivity contribution < 1.29 is 4.79 Å². The van der Waals surface area contributed by atoms with Gasteiger partial charge in [-0.1, -0.05) is 23.7 Å². The van der Waals surface area contributed by atoms with E-state index < -0.39 is 0 Å². The summed E-state index contributed by atoms with van der Waals surface area (Å²) in [7, 11) is 0. The first kappa shape index (κ1) is 17.0. The SMILES string of the molecule is Cc1nc2nc(-c3ccccc3Cl)nn2c(C)c1CC(=O)N1CCCC1. The standard InChI is InChI=1S/C19H20ClN5O/c1-12-15(11-17(26)24-9-5-6-10-24)13(2)25-19(21-12)22-18(23-25)14-7-3-4-8-16(14)20/h3-4,7-8H,5-6,9-11H2,1-2H3. The van der Waals surface area contributed by atoms with Crippen molar-refractivity contribution in [1.29, 1.82) is 0 Å². The lowest BCUT2D eigenvalue weighted by Gasteiger charge is -2.17. The number of likely N-dealkylation sites (tertiary alicyclic amines) is 1. The number of benzene rings is 1. The van der Waals surface area contributed by atoms with Crippen molar-refractivity contribution in [3.63, 3.8) is 0 Å². The fourth-order valence-corrected chi connectivity index (χ4v) is 3.67. The normalized spacial score (nSPS) is 14.3. The molecule has 7 heteroatoms. The first-order chi connectivity index (χ1) is 12.5. The molecule has 1 amide bonds. The molecule has 0 spiro atoms. The molecule has 1 aromatic carbocycles. The average Bonchev–Trinajstić information content (AvgIpc) is 3.28. The van der Waals surface area contributed by atoms with Crippen LogP contribution < -0.4 is 0 Å². The molecule has 0 bridgehead atoms. The van der Waals surface area contributed by atoms with E-state index in [0.29, 0.717) is 23.0 Å². The first-order valence-electron chi connectivity index (χ1n) is 8.80. The molecule has 3 heterocycles. The molecule has 2 aromatic heterocycles. The van der Waals surface area contributed by atoms with E-state index >= 15 is 0 Å². The molecular formula is C19H20ClN5O. The van der Waals surface area contributed by atoms with E-state index in [1.54, 1.807) is 4.52 Å². The second-order valence-electron chi connectivity index (χ2n) is 6.65. The van der Waals surface area contributed by atoms with Crippen molar-refractivity contribution >= 4 is 23.3 Å². The van der Waals surface area contributed by atoms with Gasteiger partial charge in [-0.05, 0) is 38.8 Å². The van der Waals surface area contributed by atoms with Crippen LogP contribution in [0.4, 0.5) is 0 Å². The van der Waals surface area contributed by atoms with Gasteiger partial charge in [0.25, 0.3) is 5.78 Å². The van der Waals surface area contributed by atoms with Gasteiger partial charge in [-0.2, -0.15) is 4.98 Å². The zero-order chi connectivity index (χ0) is 18.3. The van der Waals surface area contributed by atoms with Crippen LogP contribution in [0.5, 0.6) is 0 Å². The molecule has 1 aliphatic rings. The first-order valence-corrected chi connectivity index (χ1v) is 9.18. The lowest BCUT2D eigenvalue weighted by atomic mass is 10.1. The molecule has 1 aliphatic heterocycles. The van der Waals surface area contributed by atoms with Crippen LogP contribution in [-0.4, -0.2) is 43.5 Å². The van der Waals surface area contributed by atoms with Crippen molar-refractivity contribution in [3.8, 4) is 11.4 Å². The number of hydrogen-bond acceptors (Lipinski definition) is 4. The molecule has 1 saturated heterocycles. The fourth-order valence-electron chi connectivity index (χ4n) is 3.45. The number of amides is 1. The Morgan fingerprint density at radius 1 is 1.15 bits per heavy atom. The predicted octanol–water partition coefficient (Wildman–Crippen LogP) is 3.23. The van der Waals surface area contributed by atoms with Crippen LogP contribution in [0.2, 0.25) is 5.02 Å². The Labute approximate surface area is 156 Å². The molecule has 0 radical (unpaired) electrons. The molecule has 26 heavy (non-hydrogen) atoms. The number of aryl methyl sites for hydroxylation is 2. The Kier molecular flexibility index (Phi) is 4.36. The van der Waals surface area contributed by atoms with Gasteiger partial charge < -0.3 is 4.90 Å². The predicted molar refractivity (Wildman–Crippen MR) is 100 cm³/mol.